The number of fused-ring (bicyclic) bond motifs is 1. The molecular formula is C18H13N3O3S. The third-order valence-electron chi connectivity index (χ3n) is 3.97. The molecule has 0 saturated carbocycles. The number of aromatic nitrogens is 3. The highest BCUT2D eigenvalue weighted by molar-refractivity contribution is 7.17. The lowest BCUT2D eigenvalue weighted by Crippen LogP contribution is -2.08. The predicted octanol–water partition coefficient (Wildman–Crippen LogP) is 2.93. The van der Waals surface area contributed by atoms with E-state index in [0.717, 1.165) is 0 Å². The summed E-state index contributed by atoms with van der Waals surface area (Å²) >= 11 is 1.34. The van der Waals surface area contributed by atoms with Crippen LogP contribution in [0.4, 0.5) is 0 Å². The number of para-hydroxylation sites is 1. The maximum atomic E-state index is 12.6. The van der Waals surface area contributed by atoms with Gasteiger partial charge in [0.05, 0.1) is 16.8 Å². The maximum absolute atomic E-state index is 12.6. The summed E-state index contributed by atoms with van der Waals surface area (Å²) in [5.74, 6) is 0.0396. The lowest BCUT2D eigenvalue weighted by atomic mass is 10.0. The van der Waals surface area contributed by atoms with Gasteiger partial charge in [0.2, 0.25) is 0 Å². The summed E-state index contributed by atoms with van der Waals surface area (Å²) in [7, 11) is 1.77. The lowest BCUT2D eigenvalue weighted by molar-refractivity contribution is 0.103. The Labute approximate surface area is 146 Å². The fourth-order valence-electron chi connectivity index (χ4n) is 2.74. The van der Waals surface area contributed by atoms with Crippen molar-refractivity contribution in [2.24, 2.45) is 7.05 Å². The molecule has 0 atom stereocenters. The summed E-state index contributed by atoms with van der Waals surface area (Å²) in [4.78, 5) is 32.0. The Kier molecular flexibility index (Phi) is 3.51. The first-order valence-corrected chi connectivity index (χ1v) is 8.39. The van der Waals surface area contributed by atoms with Gasteiger partial charge < -0.3 is 14.7 Å². The van der Waals surface area contributed by atoms with E-state index in [1.807, 2.05) is 5.38 Å². The van der Waals surface area contributed by atoms with E-state index in [2.05, 4.69) is 9.97 Å². The molecule has 0 amide bonds. The van der Waals surface area contributed by atoms with E-state index in [9.17, 15) is 14.7 Å². The molecule has 0 spiro atoms. The van der Waals surface area contributed by atoms with E-state index in [1.54, 1.807) is 48.1 Å². The number of hydrogen-bond acceptors (Lipinski definition) is 5. The van der Waals surface area contributed by atoms with E-state index in [0.29, 0.717) is 27.3 Å². The first kappa shape index (κ1) is 15.3. The van der Waals surface area contributed by atoms with Crippen molar-refractivity contribution in [3.63, 3.8) is 0 Å². The van der Waals surface area contributed by atoms with Crippen LogP contribution < -0.4 is 5.56 Å². The van der Waals surface area contributed by atoms with Crippen LogP contribution >= 0.6 is 11.3 Å². The zero-order chi connectivity index (χ0) is 17.6. The second-order valence-corrected chi connectivity index (χ2v) is 6.54. The molecule has 0 unspecified atom stereocenters. The van der Waals surface area contributed by atoms with Gasteiger partial charge in [0, 0.05) is 18.8 Å². The van der Waals surface area contributed by atoms with E-state index in [4.69, 9.17) is 0 Å². The van der Waals surface area contributed by atoms with Crippen molar-refractivity contribution in [2.75, 3.05) is 0 Å². The molecule has 7 heteroatoms. The zero-order valence-corrected chi connectivity index (χ0v) is 14.0. The topological polar surface area (TPSA) is 88.0 Å². The van der Waals surface area contributed by atoms with Crippen LogP contribution in [0.2, 0.25) is 0 Å². The molecule has 0 aliphatic carbocycles. The van der Waals surface area contributed by atoms with Gasteiger partial charge in [-0.25, -0.2) is 4.98 Å². The molecule has 1 aromatic carbocycles. The van der Waals surface area contributed by atoms with Crippen LogP contribution in [0.25, 0.3) is 21.7 Å². The van der Waals surface area contributed by atoms with E-state index >= 15 is 0 Å². The third kappa shape index (κ3) is 2.54. The van der Waals surface area contributed by atoms with Crippen molar-refractivity contribution < 1.29 is 9.90 Å². The Morgan fingerprint density at radius 2 is 2.08 bits per heavy atom. The number of hydrogen-bond donors (Lipinski definition) is 2. The number of aryl methyl sites for hydroxylation is 1. The van der Waals surface area contributed by atoms with Gasteiger partial charge in [0.15, 0.2) is 11.6 Å². The van der Waals surface area contributed by atoms with Crippen LogP contribution in [-0.2, 0) is 7.05 Å². The number of nitrogens with one attached hydrogen (secondary N) is 1. The second kappa shape index (κ2) is 5.71. The fraction of sp³-hybridized carbons (Fsp3) is 0.0556. The van der Waals surface area contributed by atoms with Crippen molar-refractivity contribution in [2.45, 2.75) is 0 Å². The van der Waals surface area contributed by atoms with Crippen molar-refractivity contribution in [3.8, 4) is 17.3 Å². The number of thiophene rings is 1. The quantitative estimate of drug-likeness (QED) is 0.556. The third-order valence-corrected chi connectivity index (χ3v) is 4.88. The summed E-state index contributed by atoms with van der Waals surface area (Å²) in [5, 5.41) is 11.7. The summed E-state index contributed by atoms with van der Waals surface area (Å²) in [6.07, 6.45) is 1.65. The minimum Gasteiger partial charge on any atom is -0.507 e. The summed E-state index contributed by atoms with van der Waals surface area (Å²) in [6.45, 7) is 0. The molecule has 0 fully saturated rings. The van der Waals surface area contributed by atoms with Gasteiger partial charge in [0.1, 0.15) is 10.4 Å². The molecule has 25 heavy (non-hydrogen) atoms. The SMILES string of the molecule is Cn1cc(C(=O)c2ccccc2O)cc1-c1nc2ccsc2c(=O)[nH]1. The number of aromatic hydroxyl groups is 1. The van der Waals surface area contributed by atoms with Crippen LogP contribution in [0.3, 0.4) is 0 Å². The number of nitrogens with zero attached hydrogens (tertiary/aromatic N) is 2. The Morgan fingerprint density at radius 3 is 2.88 bits per heavy atom. The van der Waals surface area contributed by atoms with E-state index < -0.39 is 0 Å². The Morgan fingerprint density at radius 1 is 1.28 bits per heavy atom. The average molecular weight is 351 g/mol. The molecule has 0 bridgehead atoms. The number of ketones is 1. The first-order valence-electron chi connectivity index (χ1n) is 7.51. The molecule has 4 rings (SSSR count). The number of carbonyl (C=O) groups is 1. The monoisotopic (exact) mass is 351 g/mol. The average Bonchev–Trinajstić information content (AvgIpc) is 3.21. The number of aromatic amines is 1. The molecule has 0 saturated heterocycles. The minimum atomic E-state index is -0.293. The number of carbonyl (C=O) groups excluding carboxylic acids is 1. The number of rotatable bonds is 3. The van der Waals surface area contributed by atoms with Crippen molar-refractivity contribution >= 4 is 27.3 Å². The van der Waals surface area contributed by atoms with Gasteiger partial charge in [-0.3, -0.25) is 9.59 Å². The Bertz CT molecular complexity index is 1170. The number of H-pyrrole nitrogens is 1. The smallest absolute Gasteiger partial charge is 0.269 e. The number of benzene rings is 1. The van der Waals surface area contributed by atoms with E-state index in [1.165, 1.54) is 17.4 Å². The Balaban J connectivity index is 1.81. The highest BCUT2D eigenvalue weighted by Crippen LogP contribution is 2.25. The molecule has 0 aliphatic rings. The van der Waals surface area contributed by atoms with Crippen LogP contribution in [0.1, 0.15) is 15.9 Å². The van der Waals surface area contributed by atoms with Gasteiger partial charge in [-0.2, -0.15) is 0 Å². The summed E-state index contributed by atoms with van der Waals surface area (Å²) in [6, 6.07) is 9.84. The molecule has 2 N–H and O–H groups in total. The first-order chi connectivity index (χ1) is 12.0. The van der Waals surface area contributed by atoms with Crippen LogP contribution in [0.5, 0.6) is 5.75 Å². The zero-order valence-electron chi connectivity index (χ0n) is 13.2. The number of phenols is 1. The highest BCUT2D eigenvalue weighted by Gasteiger charge is 2.18. The molecule has 6 nitrogen and oxygen atoms in total. The van der Waals surface area contributed by atoms with Crippen LogP contribution in [0.15, 0.2) is 52.8 Å². The maximum Gasteiger partial charge on any atom is 0.269 e. The van der Waals surface area contributed by atoms with Crippen LogP contribution in [0, 0.1) is 0 Å². The van der Waals surface area contributed by atoms with Gasteiger partial charge >= 0.3 is 0 Å². The van der Waals surface area contributed by atoms with Gasteiger partial charge in [-0.1, -0.05) is 12.1 Å². The van der Waals surface area contributed by atoms with Gasteiger partial charge in [-0.15, -0.1) is 11.3 Å². The second-order valence-electron chi connectivity index (χ2n) is 5.62. The normalized spacial score (nSPS) is 11.1. The summed E-state index contributed by atoms with van der Waals surface area (Å²) < 4.78 is 2.30. The van der Waals surface area contributed by atoms with Crippen LogP contribution in [-0.4, -0.2) is 25.4 Å². The molecule has 0 radical (unpaired) electrons. The van der Waals surface area contributed by atoms with Gasteiger partial charge in [0.25, 0.3) is 5.56 Å². The molecular weight excluding hydrogens is 338 g/mol. The number of phenolic OH excluding ortho intramolecular Hbond substituents is 1. The van der Waals surface area contributed by atoms with Crippen molar-refractivity contribution in [3.05, 3.63) is 69.5 Å². The minimum absolute atomic E-state index is 0.0656. The van der Waals surface area contributed by atoms with Crippen molar-refractivity contribution in [1.82, 2.24) is 14.5 Å². The highest BCUT2D eigenvalue weighted by atomic mass is 32.1. The molecule has 3 heterocycles. The largest absolute Gasteiger partial charge is 0.507 e. The predicted molar refractivity (Wildman–Crippen MR) is 96.2 cm³/mol. The molecule has 0 aliphatic heterocycles. The van der Waals surface area contributed by atoms with E-state index in [-0.39, 0.29) is 22.7 Å². The van der Waals surface area contributed by atoms with Gasteiger partial charge in [-0.05, 0) is 29.6 Å². The standard InChI is InChI=1S/C18H13N3O3S/c1-21-9-10(15(23)11-4-2-3-5-14(11)22)8-13(21)17-19-12-6-7-25-16(12)18(24)20-17/h2-9,22H,1H3,(H,19,20,24). The molecule has 124 valence electrons. The Hall–Kier alpha value is -3.19. The fourth-order valence-corrected chi connectivity index (χ4v) is 3.47. The summed E-state index contributed by atoms with van der Waals surface area (Å²) in [5.41, 5.74) is 1.67. The van der Waals surface area contributed by atoms with Crippen molar-refractivity contribution in [1.29, 1.82) is 0 Å². The molecule has 3 aromatic heterocycles. The lowest BCUT2D eigenvalue weighted by Gasteiger charge is -2.01. The molecule has 4 aromatic rings.